The largest absolute Gasteiger partial charge is 0.435 e. The standard InChI is InChI=1S/C11H11FN4O/c1-2-14-11-15-7-9(12)10(16-11)17-8-4-3-5-13-6-8/h3-7H,2H2,1H3,(H,14,15,16). The molecule has 0 amide bonds. The zero-order valence-corrected chi connectivity index (χ0v) is 9.22. The molecule has 2 heterocycles. The monoisotopic (exact) mass is 234 g/mol. The van der Waals surface area contributed by atoms with Crippen molar-refractivity contribution in [3.8, 4) is 11.6 Å². The number of hydrogen-bond acceptors (Lipinski definition) is 5. The molecule has 0 saturated heterocycles. The highest BCUT2D eigenvalue weighted by Crippen LogP contribution is 2.21. The van der Waals surface area contributed by atoms with Crippen molar-refractivity contribution in [3.05, 3.63) is 36.5 Å². The third kappa shape index (κ3) is 2.87. The second-order valence-corrected chi connectivity index (χ2v) is 3.17. The van der Waals surface area contributed by atoms with Crippen molar-refractivity contribution in [3.63, 3.8) is 0 Å². The fourth-order valence-corrected chi connectivity index (χ4v) is 1.19. The van der Waals surface area contributed by atoms with Gasteiger partial charge in [0.15, 0.2) is 0 Å². The van der Waals surface area contributed by atoms with Gasteiger partial charge in [-0.3, -0.25) is 4.98 Å². The van der Waals surface area contributed by atoms with E-state index < -0.39 is 5.82 Å². The average molecular weight is 234 g/mol. The molecule has 0 aliphatic rings. The summed E-state index contributed by atoms with van der Waals surface area (Å²) >= 11 is 0. The smallest absolute Gasteiger partial charge is 0.260 e. The summed E-state index contributed by atoms with van der Waals surface area (Å²) in [5.74, 6) is 0.0137. The van der Waals surface area contributed by atoms with Crippen LogP contribution in [0.15, 0.2) is 30.7 Å². The lowest BCUT2D eigenvalue weighted by molar-refractivity contribution is 0.419. The van der Waals surface area contributed by atoms with Gasteiger partial charge in [0.2, 0.25) is 11.8 Å². The van der Waals surface area contributed by atoms with Gasteiger partial charge in [-0.15, -0.1) is 0 Å². The zero-order valence-electron chi connectivity index (χ0n) is 9.22. The van der Waals surface area contributed by atoms with Gasteiger partial charge in [0.05, 0.1) is 12.4 Å². The van der Waals surface area contributed by atoms with E-state index in [1.165, 1.54) is 6.20 Å². The normalized spacial score (nSPS) is 10.0. The molecule has 0 fully saturated rings. The Bertz CT molecular complexity index is 492. The van der Waals surface area contributed by atoms with Crippen LogP contribution in [0.25, 0.3) is 0 Å². The molecule has 0 spiro atoms. The first-order chi connectivity index (χ1) is 8.29. The van der Waals surface area contributed by atoms with Gasteiger partial charge in [-0.25, -0.2) is 4.98 Å². The first kappa shape index (κ1) is 11.3. The number of nitrogens with one attached hydrogen (secondary N) is 1. The molecule has 0 aliphatic heterocycles. The Labute approximate surface area is 97.7 Å². The van der Waals surface area contributed by atoms with Crippen LogP contribution in [0.3, 0.4) is 0 Å². The Morgan fingerprint density at radius 1 is 1.41 bits per heavy atom. The fraction of sp³-hybridized carbons (Fsp3) is 0.182. The Morgan fingerprint density at radius 2 is 2.29 bits per heavy atom. The van der Waals surface area contributed by atoms with Crippen LogP contribution in [0.1, 0.15) is 6.92 Å². The summed E-state index contributed by atoms with van der Waals surface area (Å²) in [6, 6.07) is 3.36. The summed E-state index contributed by atoms with van der Waals surface area (Å²) < 4.78 is 18.7. The van der Waals surface area contributed by atoms with E-state index in [1.54, 1.807) is 18.3 Å². The van der Waals surface area contributed by atoms with Crippen LogP contribution in [-0.4, -0.2) is 21.5 Å². The zero-order chi connectivity index (χ0) is 12.1. The van der Waals surface area contributed by atoms with Crippen molar-refractivity contribution in [1.29, 1.82) is 0 Å². The van der Waals surface area contributed by atoms with Gasteiger partial charge in [0, 0.05) is 12.7 Å². The number of hydrogen-bond donors (Lipinski definition) is 1. The van der Waals surface area contributed by atoms with Crippen molar-refractivity contribution in [2.45, 2.75) is 6.92 Å². The van der Waals surface area contributed by atoms with E-state index in [9.17, 15) is 4.39 Å². The van der Waals surface area contributed by atoms with Gasteiger partial charge in [0.1, 0.15) is 5.75 Å². The van der Waals surface area contributed by atoms with Crippen LogP contribution in [0.4, 0.5) is 10.3 Å². The molecule has 0 aliphatic carbocycles. The number of halogens is 1. The van der Waals surface area contributed by atoms with Crippen molar-refractivity contribution < 1.29 is 9.13 Å². The summed E-state index contributed by atoms with van der Waals surface area (Å²) in [7, 11) is 0. The Kier molecular flexibility index (Phi) is 3.44. The number of aromatic nitrogens is 3. The van der Waals surface area contributed by atoms with E-state index in [0.717, 1.165) is 6.20 Å². The minimum atomic E-state index is -0.615. The molecule has 0 bridgehead atoms. The second kappa shape index (κ2) is 5.20. The predicted octanol–water partition coefficient (Wildman–Crippen LogP) is 2.23. The molecule has 6 heteroatoms. The molecule has 88 valence electrons. The number of ether oxygens (including phenoxy) is 1. The maximum absolute atomic E-state index is 13.4. The third-order valence-corrected chi connectivity index (χ3v) is 1.90. The summed E-state index contributed by atoms with van der Waals surface area (Å²) in [5.41, 5.74) is 0. The first-order valence-corrected chi connectivity index (χ1v) is 5.14. The van der Waals surface area contributed by atoms with Crippen molar-refractivity contribution in [2.75, 3.05) is 11.9 Å². The molecule has 0 unspecified atom stereocenters. The molecule has 0 aromatic carbocycles. The van der Waals surface area contributed by atoms with E-state index in [1.807, 2.05) is 6.92 Å². The molecule has 17 heavy (non-hydrogen) atoms. The molecule has 5 nitrogen and oxygen atoms in total. The lowest BCUT2D eigenvalue weighted by Crippen LogP contribution is -2.04. The Hall–Kier alpha value is -2.24. The second-order valence-electron chi connectivity index (χ2n) is 3.17. The van der Waals surface area contributed by atoms with Crippen LogP contribution in [0.5, 0.6) is 11.6 Å². The topological polar surface area (TPSA) is 59.9 Å². The highest BCUT2D eigenvalue weighted by atomic mass is 19.1. The SMILES string of the molecule is CCNc1ncc(F)c(Oc2cccnc2)n1. The lowest BCUT2D eigenvalue weighted by atomic mass is 10.4. The van der Waals surface area contributed by atoms with Crippen LogP contribution in [-0.2, 0) is 0 Å². The number of pyridine rings is 1. The van der Waals surface area contributed by atoms with Gasteiger partial charge in [-0.1, -0.05) is 0 Å². The average Bonchev–Trinajstić information content (AvgIpc) is 2.35. The summed E-state index contributed by atoms with van der Waals surface area (Å²) in [4.78, 5) is 11.6. The van der Waals surface area contributed by atoms with Gasteiger partial charge >= 0.3 is 0 Å². The van der Waals surface area contributed by atoms with E-state index in [-0.39, 0.29) is 5.88 Å². The molecule has 2 aromatic heterocycles. The van der Waals surface area contributed by atoms with E-state index in [0.29, 0.717) is 18.2 Å². The van der Waals surface area contributed by atoms with Crippen molar-refractivity contribution in [1.82, 2.24) is 15.0 Å². The minimum Gasteiger partial charge on any atom is -0.435 e. The molecule has 0 radical (unpaired) electrons. The van der Waals surface area contributed by atoms with Crippen molar-refractivity contribution in [2.24, 2.45) is 0 Å². The maximum Gasteiger partial charge on any atom is 0.260 e. The predicted molar refractivity (Wildman–Crippen MR) is 60.5 cm³/mol. The highest BCUT2D eigenvalue weighted by Gasteiger charge is 2.08. The summed E-state index contributed by atoms with van der Waals surface area (Å²) in [5, 5.41) is 2.88. The molecule has 2 rings (SSSR count). The van der Waals surface area contributed by atoms with Crippen LogP contribution >= 0.6 is 0 Å². The van der Waals surface area contributed by atoms with Crippen LogP contribution in [0.2, 0.25) is 0 Å². The van der Waals surface area contributed by atoms with Crippen molar-refractivity contribution >= 4 is 5.95 Å². The molecule has 1 N–H and O–H groups in total. The number of nitrogens with zero attached hydrogens (tertiary/aromatic N) is 3. The molecule has 0 saturated carbocycles. The molecular formula is C11H11FN4O. The van der Waals surface area contributed by atoms with Crippen LogP contribution in [0, 0.1) is 5.82 Å². The molecular weight excluding hydrogens is 223 g/mol. The fourth-order valence-electron chi connectivity index (χ4n) is 1.19. The first-order valence-electron chi connectivity index (χ1n) is 5.14. The Morgan fingerprint density at radius 3 is 3.00 bits per heavy atom. The van der Waals surface area contributed by atoms with E-state index >= 15 is 0 Å². The van der Waals surface area contributed by atoms with Gasteiger partial charge < -0.3 is 10.1 Å². The van der Waals surface area contributed by atoms with Gasteiger partial charge in [-0.05, 0) is 19.1 Å². The maximum atomic E-state index is 13.4. The number of anilines is 1. The Balaban J connectivity index is 2.22. The summed E-state index contributed by atoms with van der Waals surface area (Å²) in [6.07, 6.45) is 4.15. The van der Waals surface area contributed by atoms with E-state index in [2.05, 4.69) is 20.3 Å². The van der Waals surface area contributed by atoms with E-state index in [4.69, 9.17) is 4.74 Å². The third-order valence-electron chi connectivity index (χ3n) is 1.90. The van der Waals surface area contributed by atoms with Gasteiger partial charge in [-0.2, -0.15) is 9.37 Å². The van der Waals surface area contributed by atoms with Gasteiger partial charge in [0.25, 0.3) is 5.88 Å². The number of rotatable bonds is 4. The van der Waals surface area contributed by atoms with Crippen LogP contribution < -0.4 is 10.1 Å². The molecule has 2 aromatic rings. The quantitative estimate of drug-likeness (QED) is 0.879. The minimum absolute atomic E-state index is 0.121. The molecule has 0 atom stereocenters. The summed E-state index contributed by atoms with van der Waals surface area (Å²) in [6.45, 7) is 2.55. The highest BCUT2D eigenvalue weighted by molar-refractivity contribution is 5.31. The lowest BCUT2D eigenvalue weighted by Gasteiger charge is -2.06.